The maximum Gasteiger partial charge on any atom is 0.307 e. The highest BCUT2D eigenvalue weighted by Crippen LogP contribution is 2.28. The Morgan fingerprint density at radius 3 is 2.19 bits per heavy atom. The highest BCUT2D eigenvalue weighted by atomic mass is 16.4. The van der Waals surface area contributed by atoms with E-state index in [1.54, 1.807) is 0 Å². The third-order valence-corrected chi connectivity index (χ3v) is 4.37. The van der Waals surface area contributed by atoms with Gasteiger partial charge in [0.2, 0.25) is 5.91 Å². The van der Waals surface area contributed by atoms with Gasteiger partial charge >= 0.3 is 5.97 Å². The van der Waals surface area contributed by atoms with Gasteiger partial charge in [0.15, 0.2) is 0 Å². The Hall–Kier alpha value is -1.36. The molecule has 0 spiro atoms. The van der Waals surface area contributed by atoms with Crippen LogP contribution in [0.3, 0.4) is 0 Å². The molecule has 0 aromatic carbocycles. The van der Waals surface area contributed by atoms with Crippen LogP contribution in [0.15, 0.2) is 12.2 Å². The van der Waals surface area contributed by atoms with Gasteiger partial charge in [0, 0.05) is 32.7 Å². The number of carboxylic acid groups (broad SMARTS) is 1. The molecule has 1 amide bonds. The van der Waals surface area contributed by atoms with Gasteiger partial charge in [-0.3, -0.25) is 14.5 Å². The lowest BCUT2D eigenvalue weighted by Gasteiger charge is -2.38. The SMILES string of the molecule is CC(C)CN1CCN(C(=O)[C@@H]2CC=CC[C@@H]2C(=O)O)CC1. The van der Waals surface area contributed by atoms with Gasteiger partial charge in [-0.2, -0.15) is 0 Å². The molecule has 1 saturated heterocycles. The standard InChI is InChI=1S/C16H26N2O3/c1-12(2)11-17-7-9-18(10-8-17)15(19)13-5-3-4-6-14(13)16(20)21/h3-4,12-14H,5-11H2,1-2H3,(H,20,21)/t13-,14+/m1/s1. The topological polar surface area (TPSA) is 60.9 Å². The Morgan fingerprint density at radius 2 is 1.67 bits per heavy atom. The van der Waals surface area contributed by atoms with Crippen molar-refractivity contribution < 1.29 is 14.7 Å². The van der Waals surface area contributed by atoms with E-state index in [0.29, 0.717) is 18.8 Å². The number of nitrogens with zero attached hydrogens (tertiary/aromatic N) is 2. The molecule has 5 heteroatoms. The van der Waals surface area contributed by atoms with Crippen LogP contribution in [0.2, 0.25) is 0 Å². The summed E-state index contributed by atoms with van der Waals surface area (Å²) >= 11 is 0. The number of carboxylic acids is 1. The number of piperazine rings is 1. The molecule has 0 aromatic rings. The number of amides is 1. The van der Waals surface area contributed by atoms with Crippen LogP contribution in [0.1, 0.15) is 26.7 Å². The average molecular weight is 294 g/mol. The Morgan fingerprint density at radius 1 is 1.10 bits per heavy atom. The zero-order valence-corrected chi connectivity index (χ0v) is 13.0. The molecule has 1 aliphatic carbocycles. The quantitative estimate of drug-likeness (QED) is 0.797. The molecule has 0 radical (unpaired) electrons. The van der Waals surface area contributed by atoms with E-state index >= 15 is 0 Å². The molecule has 0 saturated carbocycles. The number of carbonyl (C=O) groups is 2. The smallest absolute Gasteiger partial charge is 0.307 e. The normalized spacial score (nSPS) is 27.1. The number of carbonyl (C=O) groups excluding carboxylic acids is 1. The van der Waals surface area contributed by atoms with E-state index in [1.165, 1.54) is 0 Å². The number of rotatable bonds is 4. The number of aliphatic carboxylic acids is 1. The third-order valence-electron chi connectivity index (χ3n) is 4.37. The van der Waals surface area contributed by atoms with Gasteiger partial charge in [0.25, 0.3) is 0 Å². The van der Waals surface area contributed by atoms with Crippen molar-refractivity contribution in [2.24, 2.45) is 17.8 Å². The monoisotopic (exact) mass is 294 g/mol. The first-order valence-electron chi connectivity index (χ1n) is 7.88. The van der Waals surface area contributed by atoms with Crippen molar-refractivity contribution in [3.05, 3.63) is 12.2 Å². The van der Waals surface area contributed by atoms with Gasteiger partial charge in [0.05, 0.1) is 11.8 Å². The maximum atomic E-state index is 12.6. The van der Waals surface area contributed by atoms with Crippen LogP contribution in [-0.4, -0.2) is 59.5 Å². The van der Waals surface area contributed by atoms with E-state index in [2.05, 4.69) is 18.7 Å². The molecule has 0 unspecified atom stereocenters. The van der Waals surface area contributed by atoms with Crippen molar-refractivity contribution in [3.63, 3.8) is 0 Å². The van der Waals surface area contributed by atoms with Crippen molar-refractivity contribution in [2.45, 2.75) is 26.7 Å². The Bertz CT molecular complexity index is 412. The molecule has 2 atom stereocenters. The summed E-state index contributed by atoms with van der Waals surface area (Å²) in [4.78, 5) is 28.2. The van der Waals surface area contributed by atoms with Gasteiger partial charge in [-0.1, -0.05) is 26.0 Å². The molecule has 0 aromatic heterocycles. The fraction of sp³-hybridized carbons (Fsp3) is 0.750. The Kier molecular flexibility index (Phi) is 5.39. The predicted octanol–water partition coefficient (Wildman–Crippen LogP) is 1.45. The molecule has 1 aliphatic heterocycles. The van der Waals surface area contributed by atoms with Crippen LogP contribution in [0.5, 0.6) is 0 Å². The number of hydrogen-bond donors (Lipinski definition) is 1. The van der Waals surface area contributed by atoms with E-state index < -0.39 is 11.9 Å². The molecule has 2 aliphatic rings. The second-order valence-corrected chi connectivity index (χ2v) is 6.51. The minimum atomic E-state index is -0.851. The summed E-state index contributed by atoms with van der Waals surface area (Å²) in [6.45, 7) is 8.68. The summed E-state index contributed by atoms with van der Waals surface area (Å²) in [6, 6.07) is 0. The molecule has 118 valence electrons. The zero-order valence-electron chi connectivity index (χ0n) is 13.0. The van der Waals surface area contributed by atoms with Crippen molar-refractivity contribution in [3.8, 4) is 0 Å². The fourth-order valence-electron chi connectivity index (χ4n) is 3.26. The molecule has 0 bridgehead atoms. The first kappa shape index (κ1) is 16.0. The van der Waals surface area contributed by atoms with E-state index in [4.69, 9.17) is 0 Å². The summed E-state index contributed by atoms with van der Waals surface area (Å²) in [5.41, 5.74) is 0. The van der Waals surface area contributed by atoms with Crippen LogP contribution in [0.4, 0.5) is 0 Å². The molecule has 2 rings (SSSR count). The molecule has 1 heterocycles. The van der Waals surface area contributed by atoms with Crippen LogP contribution in [0.25, 0.3) is 0 Å². The van der Waals surface area contributed by atoms with Crippen molar-refractivity contribution in [2.75, 3.05) is 32.7 Å². The van der Waals surface area contributed by atoms with Gasteiger partial charge < -0.3 is 10.0 Å². The molecule has 1 fully saturated rings. The van der Waals surface area contributed by atoms with Gasteiger partial charge in [0.1, 0.15) is 0 Å². The summed E-state index contributed by atoms with van der Waals surface area (Å²) in [7, 11) is 0. The summed E-state index contributed by atoms with van der Waals surface area (Å²) in [5, 5.41) is 9.28. The molecule has 5 nitrogen and oxygen atoms in total. The number of hydrogen-bond acceptors (Lipinski definition) is 3. The highest BCUT2D eigenvalue weighted by Gasteiger charge is 2.37. The van der Waals surface area contributed by atoms with Crippen molar-refractivity contribution in [1.82, 2.24) is 9.80 Å². The second kappa shape index (κ2) is 7.07. The third kappa shape index (κ3) is 4.06. The van der Waals surface area contributed by atoms with E-state index in [0.717, 1.165) is 32.7 Å². The minimum Gasteiger partial charge on any atom is -0.481 e. The van der Waals surface area contributed by atoms with Crippen molar-refractivity contribution >= 4 is 11.9 Å². The maximum absolute atomic E-state index is 12.6. The largest absolute Gasteiger partial charge is 0.481 e. The Balaban J connectivity index is 1.92. The van der Waals surface area contributed by atoms with Gasteiger partial charge in [-0.25, -0.2) is 0 Å². The van der Waals surface area contributed by atoms with E-state index in [1.807, 2.05) is 17.1 Å². The summed E-state index contributed by atoms with van der Waals surface area (Å²) in [5.74, 6) is -1.14. The van der Waals surface area contributed by atoms with Gasteiger partial charge in [-0.15, -0.1) is 0 Å². The molecule has 1 N–H and O–H groups in total. The van der Waals surface area contributed by atoms with Crippen LogP contribution in [0, 0.1) is 17.8 Å². The Labute approximate surface area is 126 Å². The van der Waals surface area contributed by atoms with Crippen LogP contribution in [-0.2, 0) is 9.59 Å². The number of allylic oxidation sites excluding steroid dienone is 2. The summed E-state index contributed by atoms with van der Waals surface area (Å²) < 4.78 is 0. The summed E-state index contributed by atoms with van der Waals surface area (Å²) in [6.07, 6.45) is 4.85. The lowest BCUT2D eigenvalue weighted by atomic mass is 9.82. The second-order valence-electron chi connectivity index (χ2n) is 6.51. The van der Waals surface area contributed by atoms with E-state index in [-0.39, 0.29) is 11.8 Å². The van der Waals surface area contributed by atoms with E-state index in [9.17, 15) is 14.7 Å². The molecular weight excluding hydrogens is 268 g/mol. The molecule has 21 heavy (non-hydrogen) atoms. The lowest BCUT2D eigenvalue weighted by molar-refractivity contribution is -0.151. The highest BCUT2D eigenvalue weighted by molar-refractivity contribution is 5.85. The van der Waals surface area contributed by atoms with Crippen LogP contribution < -0.4 is 0 Å². The first-order valence-corrected chi connectivity index (χ1v) is 7.88. The molecular formula is C16H26N2O3. The lowest BCUT2D eigenvalue weighted by Crippen LogP contribution is -2.52. The minimum absolute atomic E-state index is 0.0240. The first-order chi connectivity index (χ1) is 9.99. The van der Waals surface area contributed by atoms with Crippen molar-refractivity contribution in [1.29, 1.82) is 0 Å². The fourth-order valence-corrected chi connectivity index (χ4v) is 3.26. The zero-order chi connectivity index (χ0) is 15.4. The predicted molar refractivity (Wildman–Crippen MR) is 80.8 cm³/mol. The average Bonchev–Trinajstić information content (AvgIpc) is 2.46. The van der Waals surface area contributed by atoms with Gasteiger partial charge in [-0.05, 0) is 18.8 Å². The van der Waals surface area contributed by atoms with Crippen LogP contribution >= 0.6 is 0 Å².